The molecule has 1 aliphatic heterocycles. The van der Waals surface area contributed by atoms with E-state index in [9.17, 15) is 22.7 Å². The summed E-state index contributed by atoms with van der Waals surface area (Å²) in [4.78, 5) is 11.3. The van der Waals surface area contributed by atoms with Gasteiger partial charge in [0.15, 0.2) is 0 Å². The number of carboxylic acids is 1. The SMILES string of the molecule is CS(=O)(=O)O/N=C1/CC(c2ccc(Cl)cc2F)NC(C(=O)O)=C1Br. The van der Waals surface area contributed by atoms with Crippen LogP contribution in [0.15, 0.2) is 33.5 Å². The molecule has 7 nitrogen and oxygen atoms in total. The highest BCUT2D eigenvalue weighted by atomic mass is 79.9. The Labute approximate surface area is 150 Å². The number of hydrogen-bond acceptors (Lipinski definition) is 6. The fourth-order valence-corrected chi connectivity index (χ4v) is 2.94. The second-order valence-corrected chi connectivity index (χ2v) is 7.66. The molecule has 0 spiro atoms. The van der Waals surface area contributed by atoms with Crippen molar-refractivity contribution in [2.24, 2.45) is 5.16 Å². The molecule has 0 aromatic heterocycles. The van der Waals surface area contributed by atoms with Crippen LogP contribution in [0.2, 0.25) is 5.02 Å². The quantitative estimate of drug-likeness (QED) is 0.696. The lowest BCUT2D eigenvalue weighted by atomic mass is 9.96. The minimum atomic E-state index is -3.87. The molecule has 2 rings (SSSR count). The molecule has 0 bridgehead atoms. The van der Waals surface area contributed by atoms with E-state index in [4.69, 9.17) is 11.6 Å². The van der Waals surface area contributed by atoms with E-state index in [1.807, 2.05) is 0 Å². The predicted molar refractivity (Wildman–Crippen MR) is 88.9 cm³/mol. The number of benzene rings is 1. The molecule has 0 saturated carbocycles. The zero-order chi connectivity index (χ0) is 18.1. The van der Waals surface area contributed by atoms with Crippen LogP contribution in [0.25, 0.3) is 0 Å². The minimum Gasteiger partial charge on any atom is -0.477 e. The number of nitrogens with zero attached hydrogens (tertiary/aromatic N) is 1. The number of carbonyl (C=O) groups is 1. The molecule has 0 radical (unpaired) electrons. The molecule has 0 amide bonds. The Morgan fingerprint density at radius 3 is 2.75 bits per heavy atom. The first-order valence-electron chi connectivity index (χ1n) is 6.39. The van der Waals surface area contributed by atoms with Gasteiger partial charge in [-0.3, -0.25) is 4.28 Å². The lowest BCUT2D eigenvalue weighted by Gasteiger charge is -2.27. The Kier molecular flexibility index (Phi) is 5.51. The topological polar surface area (TPSA) is 105 Å². The smallest absolute Gasteiger partial charge is 0.353 e. The zero-order valence-corrected chi connectivity index (χ0v) is 15.2. The molecule has 1 atom stereocenters. The van der Waals surface area contributed by atoms with E-state index in [-0.39, 0.29) is 32.9 Å². The van der Waals surface area contributed by atoms with E-state index in [2.05, 4.69) is 30.7 Å². The molecule has 24 heavy (non-hydrogen) atoms. The van der Waals surface area contributed by atoms with Crippen LogP contribution in [0.4, 0.5) is 4.39 Å². The van der Waals surface area contributed by atoms with Crippen LogP contribution in [-0.2, 0) is 19.2 Å². The second kappa shape index (κ2) is 7.08. The number of halogens is 3. The third-order valence-corrected chi connectivity index (χ3v) is 4.46. The maximum absolute atomic E-state index is 14.1. The molecule has 2 N–H and O–H groups in total. The number of rotatable bonds is 4. The third-order valence-electron chi connectivity index (χ3n) is 3.02. The van der Waals surface area contributed by atoms with Crippen molar-refractivity contribution in [1.29, 1.82) is 0 Å². The fourth-order valence-electron chi connectivity index (χ4n) is 2.03. The minimum absolute atomic E-state index is 0.00850. The van der Waals surface area contributed by atoms with Gasteiger partial charge in [-0.05, 0) is 28.1 Å². The van der Waals surface area contributed by atoms with Crippen LogP contribution < -0.4 is 5.32 Å². The van der Waals surface area contributed by atoms with Crippen LogP contribution in [0.3, 0.4) is 0 Å². The van der Waals surface area contributed by atoms with Crippen molar-refractivity contribution in [3.63, 3.8) is 0 Å². The maximum Gasteiger partial charge on any atom is 0.353 e. The number of oxime groups is 1. The van der Waals surface area contributed by atoms with Gasteiger partial charge in [-0.25, -0.2) is 9.18 Å². The lowest BCUT2D eigenvalue weighted by molar-refractivity contribution is -0.133. The first-order valence-corrected chi connectivity index (χ1v) is 9.37. The van der Waals surface area contributed by atoms with Gasteiger partial charge in [0, 0.05) is 17.0 Å². The molecule has 0 saturated heterocycles. The predicted octanol–water partition coefficient (Wildman–Crippen LogP) is 2.54. The van der Waals surface area contributed by atoms with Gasteiger partial charge in [0.25, 0.3) is 0 Å². The molecule has 11 heteroatoms. The molecule has 0 aliphatic carbocycles. The normalized spacial score (nSPS) is 20.0. The highest BCUT2D eigenvalue weighted by Crippen LogP contribution is 2.32. The number of carboxylic acid groups (broad SMARTS) is 1. The summed E-state index contributed by atoms with van der Waals surface area (Å²) >= 11 is 8.74. The molecular formula is C13H11BrClFN2O5S. The molecule has 1 unspecified atom stereocenters. The largest absolute Gasteiger partial charge is 0.477 e. The summed E-state index contributed by atoms with van der Waals surface area (Å²) < 4.78 is 40.6. The van der Waals surface area contributed by atoms with Gasteiger partial charge < -0.3 is 10.4 Å². The van der Waals surface area contributed by atoms with Crippen molar-refractivity contribution in [2.75, 3.05) is 6.26 Å². The van der Waals surface area contributed by atoms with Crippen molar-refractivity contribution < 1.29 is 27.0 Å². The Morgan fingerprint density at radius 2 is 2.21 bits per heavy atom. The van der Waals surface area contributed by atoms with E-state index in [1.165, 1.54) is 12.1 Å². The Morgan fingerprint density at radius 1 is 1.54 bits per heavy atom. The summed E-state index contributed by atoms with van der Waals surface area (Å²) in [5.41, 5.74) is -0.127. The van der Waals surface area contributed by atoms with E-state index in [1.54, 1.807) is 0 Å². The Balaban J connectivity index is 2.46. The first kappa shape index (κ1) is 18.7. The van der Waals surface area contributed by atoms with E-state index in [0.29, 0.717) is 0 Å². The maximum atomic E-state index is 14.1. The highest BCUT2D eigenvalue weighted by Gasteiger charge is 2.31. The number of nitrogens with one attached hydrogen (secondary N) is 1. The Hall–Kier alpha value is -1.65. The molecule has 1 heterocycles. The van der Waals surface area contributed by atoms with E-state index < -0.39 is 27.9 Å². The van der Waals surface area contributed by atoms with Gasteiger partial charge in [-0.15, -0.1) is 0 Å². The van der Waals surface area contributed by atoms with Crippen molar-refractivity contribution in [2.45, 2.75) is 12.5 Å². The number of allylic oxidation sites excluding steroid dienone is 1. The van der Waals surface area contributed by atoms with E-state index in [0.717, 1.165) is 12.3 Å². The van der Waals surface area contributed by atoms with Crippen LogP contribution in [0, 0.1) is 5.82 Å². The van der Waals surface area contributed by atoms with Gasteiger partial charge in [-0.2, -0.15) is 8.42 Å². The van der Waals surface area contributed by atoms with Gasteiger partial charge >= 0.3 is 16.1 Å². The summed E-state index contributed by atoms with van der Waals surface area (Å²) in [5.74, 6) is -1.96. The highest BCUT2D eigenvalue weighted by molar-refractivity contribution is 9.12. The molecule has 0 fully saturated rings. The first-order chi connectivity index (χ1) is 11.1. The Bertz CT molecular complexity index is 856. The summed E-state index contributed by atoms with van der Waals surface area (Å²) in [6.07, 6.45) is 0.787. The van der Waals surface area contributed by atoms with Crippen LogP contribution >= 0.6 is 27.5 Å². The van der Waals surface area contributed by atoms with Gasteiger partial charge in [0.05, 0.1) is 16.8 Å². The van der Waals surface area contributed by atoms with Crippen molar-refractivity contribution >= 4 is 49.3 Å². The van der Waals surface area contributed by atoms with Crippen molar-refractivity contribution in [3.8, 4) is 0 Å². The molecule has 1 aromatic rings. The summed E-state index contributed by atoms with van der Waals surface area (Å²) in [7, 11) is -3.87. The molecule has 1 aliphatic rings. The van der Waals surface area contributed by atoms with Crippen LogP contribution in [-0.4, -0.2) is 31.5 Å². The van der Waals surface area contributed by atoms with Crippen LogP contribution in [0.1, 0.15) is 18.0 Å². The van der Waals surface area contributed by atoms with Gasteiger partial charge in [0.2, 0.25) is 0 Å². The van der Waals surface area contributed by atoms with Crippen molar-refractivity contribution in [1.82, 2.24) is 5.32 Å². The monoisotopic (exact) mass is 440 g/mol. The summed E-state index contributed by atoms with van der Waals surface area (Å²) in [6.45, 7) is 0. The van der Waals surface area contributed by atoms with Gasteiger partial charge in [0.1, 0.15) is 17.2 Å². The van der Waals surface area contributed by atoms with Crippen LogP contribution in [0.5, 0.6) is 0 Å². The lowest BCUT2D eigenvalue weighted by Crippen LogP contribution is -2.34. The molecular weight excluding hydrogens is 431 g/mol. The average molecular weight is 442 g/mol. The number of hydrogen-bond donors (Lipinski definition) is 2. The molecule has 130 valence electrons. The van der Waals surface area contributed by atoms with E-state index >= 15 is 0 Å². The number of aliphatic carboxylic acids is 1. The third kappa shape index (κ3) is 4.46. The molecule has 1 aromatic carbocycles. The van der Waals surface area contributed by atoms with Gasteiger partial charge in [-0.1, -0.05) is 22.8 Å². The van der Waals surface area contributed by atoms with Crippen molar-refractivity contribution in [3.05, 3.63) is 44.8 Å². The second-order valence-electron chi connectivity index (χ2n) is 4.88. The standard InChI is InChI=1S/C13H11BrClFN2O5S/c1-24(21,22)23-18-10-5-9(17-12(11(10)14)13(19)20)7-3-2-6(15)4-8(7)16/h2-4,9,17H,5H2,1H3,(H,19,20)/b18-10-. The fraction of sp³-hybridized carbons (Fsp3) is 0.231. The average Bonchev–Trinajstić information content (AvgIpc) is 2.45. The summed E-state index contributed by atoms with van der Waals surface area (Å²) in [5, 5.41) is 15.6. The summed E-state index contributed by atoms with van der Waals surface area (Å²) in [6, 6.07) is 3.16. The zero-order valence-electron chi connectivity index (χ0n) is 12.1.